The van der Waals surface area contributed by atoms with E-state index in [9.17, 15) is 18.4 Å². The molecule has 4 aliphatic rings. The molecule has 9 heteroatoms. The van der Waals surface area contributed by atoms with Crippen molar-refractivity contribution in [1.82, 2.24) is 20.4 Å². The number of halogens is 2. The van der Waals surface area contributed by atoms with Crippen molar-refractivity contribution in [3.63, 3.8) is 0 Å². The minimum atomic E-state index is -1.51. The molecule has 0 spiro atoms. The Labute approximate surface area is 156 Å². The largest absolute Gasteiger partial charge is 0.346 e. The third-order valence-electron chi connectivity index (χ3n) is 6.14. The van der Waals surface area contributed by atoms with E-state index in [1.165, 1.54) is 6.20 Å². The molecular formula is C18H25F2N5O2. The molecule has 4 heterocycles. The molecule has 4 fully saturated rings. The third-order valence-corrected chi connectivity index (χ3v) is 6.14. The molecule has 3 N–H and O–H groups in total. The third kappa shape index (κ3) is 3.69. The Morgan fingerprint density at radius 1 is 1.15 bits per heavy atom. The van der Waals surface area contributed by atoms with E-state index in [0.717, 1.165) is 32.5 Å². The Balaban J connectivity index is 1.41. The predicted octanol–water partition coefficient (Wildman–Crippen LogP) is 1.65. The number of aromatic nitrogens is 2. The number of hydrogen-bond donors (Lipinski definition) is 3. The Kier molecular flexibility index (Phi) is 5.12. The maximum atomic E-state index is 14.0. The van der Waals surface area contributed by atoms with Crippen LogP contribution in [0.4, 0.5) is 14.5 Å². The van der Waals surface area contributed by atoms with Crippen molar-refractivity contribution in [3.8, 4) is 0 Å². The van der Waals surface area contributed by atoms with Gasteiger partial charge in [0.1, 0.15) is 24.0 Å². The van der Waals surface area contributed by atoms with E-state index in [0.29, 0.717) is 12.3 Å². The van der Waals surface area contributed by atoms with E-state index in [1.807, 2.05) is 0 Å². The number of rotatable bonds is 4. The lowest BCUT2D eigenvalue weighted by Gasteiger charge is -2.44. The zero-order valence-corrected chi connectivity index (χ0v) is 15.1. The number of alkyl halides is 2. The molecule has 1 aromatic rings. The minimum absolute atomic E-state index is 0.0654. The summed E-state index contributed by atoms with van der Waals surface area (Å²) >= 11 is 0. The van der Waals surface area contributed by atoms with Crippen LogP contribution < -0.4 is 10.6 Å². The molecule has 148 valence electrons. The van der Waals surface area contributed by atoms with Crippen molar-refractivity contribution in [2.75, 3.05) is 25.0 Å². The zero-order chi connectivity index (χ0) is 19.0. The quantitative estimate of drug-likeness (QED) is 0.740. The molecule has 27 heavy (non-hydrogen) atoms. The molecule has 3 aliphatic heterocycles. The summed E-state index contributed by atoms with van der Waals surface area (Å²) in [6.07, 6.45) is 1.20. The van der Waals surface area contributed by atoms with Crippen LogP contribution in [0.25, 0.3) is 0 Å². The van der Waals surface area contributed by atoms with Gasteiger partial charge in [0, 0.05) is 12.6 Å². The van der Waals surface area contributed by atoms with Gasteiger partial charge in [-0.05, 0) is 51.1 Å². The molecule has 7 nitrogen and oxygen atoms in total. The standard InChI is InChI=1S/C18H25F2N5O2/c19-11-2-1-3-12(20)15(11)17(26)22-13-8-21-24-16(13)18(27)23-14-9-25-6-4-10(14)5-7-25/h8,10-12,14-15H,1-7,9H2,(H,21,24)(H,22,26)(H,23,27)/t11-,12?,14-,15?/m1/s1. The second kappa shape index (κ2) is 7.53. The van der Waals surface area contributed by atoms with Crippen LogP contribution in [-0.4, -0.2) is 64.9 Å². The summed E-state index contributed by atoms with van der Waals surface area (Å²) in [5.74, 6) is -1.99. The molecule has 2 amide bonds. The van der Waals surface area contributed by atoms with E-state index in [2.05, 4.69) is 25.7 Å². The molecule has 1 saturated carbocycles. The fourth-order valence-electron chi connectivity index (χ4n) is 4.56. The van der Waals surface area contributed by atoms with Crippen LogP contribution in [-0.2, 0) is 4.79 Å². The van der Waals surface area contributed by atoms with E-state index in [1.54, 1.807) is 0 Å². The fraction of sp³-hybridized carbons (Fsp3) is 0.722. The number of piperidine rings is 3. The van der Waals surface area contributed by atoms with Crippen molar-refractivity contribution in [1.29, 1.82) is 0 Å². The zero-order valence-electron chi connectivity index (χ0n) is 15.1. The number of anilines is 1. The van der Waals surface area contributed by atoms with Crippen LogP contribution >= 0.6 is 0 Å². The van der Waals surface area contributed by atoms with E-state index in [-0.39, 0.29) is 36.2 Å². The van der Waals surface area contributed by atoms with Crippen molar-refractivity contribution >= 4 is 17.5 Å². The monoisotopic (exact) mass is 381 g/mol. The number of carbonyl (C=O) groups excluding carboxylic acids is 2. The number of H-pyrrole nitrogens is 1. The lowest BCUT2D eigenvalue weighted by molar-refractivity contribution is -0.125. The SMILES string of the molecule is O=C(N[C@@H]1CN2CCC1CC2)c1[nH]ncc1NC(=O)C1C(F)CCC[C@H]1F. The Hall–Kier alpha value is -2.03. The number of fused-ring (bicyclic) bond motifs is 3. The van der Waals surface area contributed by atoms with E-state index in [4.69, 9.17) is 0 Å². The molecule has 0 radical (unpaired) electrons. The molecule has 1 aliphatic carbocycles. The van der Waals surface area contributed by atoms with Gasteiger partial charge < -0.3 is 15.5 Å². The maximum absolute atomic E-state index is 14.0. The van der Waals surface area contributed by atoms with Gasteiger partial charge in [0.15, 0.2) is 0 Å². The predicted molar refractivity (Wildman–Crippen MR) is 94.8 cm³/mol. The minimum Gasteiger partial charge on any atom is -0.346 e. The van der Waals surface area contributed by atoms with Gasteiger partial charge in [-0.15, -0.1) is 0 Å². The summed E-state index contributed by atoms with van der Waals surface area (Å²) in [5.41, 5.74) is 0.269. The van der Waals surface area contributed by atoms with Crippen LogP contribution in [0.2, 0.25) is 0 Å². The first-order valence-electron chi connectivity index (χ1n) is 9.68. The Morgan fingerprint density at radius 2 is 1.85 bits per heavy atom. The van der Waals surface area contributed by atoms with Crippen LogP contribution in [0.15, 0.2) is 6.20 Å². The van der Waals surface area contributed by atoms with Gasteiger partial charge in [0.2, 0.25) is 5.91 Å². The second-order valence-electron chi connectivity index (χ2n) is 7.85. The molecular weight excluding hydrogens is 356 g/mol. The highest BCUT2D eigenvalue weighted by Gasteiger charge is 2.40. The van der Waals surface area contributed by atoms with Gasteiger partial charge in [0.25, 0.3) is 5.91 Å². The lowest BCUT2D eigenvalue weighted by Crippen LogP contribution is -2.57. The van der Waals surface area contributed by atoms with E-state index >= 15 is 0 Å². The number of carbonyl (C=O) groups is 2. The van der Waals surface area contributed by atoms with Crippen molar-refractivity contribution in [2.24, 2.45) is 11.8 Å². The summed E-state index contributed by atoms with van der Waals surface area (Å²) in [4.78, 5) is 27.4. The highest BCUT2D eigenvalue weighted by molar-refractivity contribution is 6.03. The van der Waals surface area contributed by atoms with Crippen molar-refractivity contribution in [2.45, 2.75) is 50.5 Å². The summed E-state index contributed by atoms with van der Waals surface area (Å²) in [5, 5.41) is 11.9. The Bertz CT molecular complexity index is 694. The van der Waals surface area contributed by atoms with Crippen molar-refractivity contribution in [3.05, 3.63) is 11.9 Å². The number of nitrogens with one attached hydrogen (secondary N) is 3. The average molecular weight is 381 g/mol. The lowest BCUT2D eigenvalue weighted by atomic mass is 9.84. The number of hydrogen-bond acceptors (Lipinski definition) is 4. The molecule has 1 aromatic heterocycles. The normalized spacial score (nSPS) is 35.6. The van der Waals surface area contributed by atoms with Gasteiger partial charge in [-0.2, -0.15) is 5.10 Å². The highest BCUT2D eigenvalue weighted by Crippen LogP contribution is 2.31. The number of nitrogens with zero attached hydrogens (tertiary/aromatic N) is 2. The number of amides is 2. The van der Waals surface area contributed by atoms with Gasteiger partial charge in [-0.1, -0.05) is 0 Å². The average Bonchev–Trinajstić information content (AvgIpc) is 3.11. The van der Waals surface area contributed by atoms with E-state index < -0.39 is 24.2 Å². The maximum Gasteiger partial charge on any atom is 0.271 e. The summed E-state index contributed by atoms with van der Waals surface area (Å²) in [7, 11) is 0. The molecule has 0 aromatic carbocycles. The van der Waals surface area contributed by atoms with Gasteiger partial charge in [-0.3, -0.25) is 14.7 Å². The number of aromatic amines is 1. The summed E-state index contributed by atoms with van der Waals surface area (Å²) in [6, 6.07) is 0.0654. The molecule has 3 saturated heterocycles. The summed E-state index contributed by atoms with van der Waals surface area (Å²) in [6.45, 7) is 2.96. The van der Waals surface area contributed by atoms with Crippen molar-refractivity contribution < 1.29 is 18.4 Å². The van der Waals surface area contributed by atoms with Gasteiger partial charge >= 0.3 is 0 Å². The smallest absolute Gasteiger partial charge is 0.271 e. The van der Waals surface area contributed by atoms with Crippen LogP contribution in [0.5, 0.6) is 0 Å². The van der Waals surface area contributed by atoms with Crippen LogP contribution in [0, 0.1) is 11.8 Å². The fourth-order valence-corrected chi connectivity index (χ4v) is 4.56. The topological polar surface area (TPSA) is 90.1 Å². The first-order chi connectivity index (χ1) is 13.0. The molecule has 2 bridgehead atoms. The molecule has 2 unspecified atom stereocenters. The van der Waals surface area contributed by atoms with Gasteiger partial charge in [-0.25, -0.2) is 8.78 Å². The summed E-state index contributed by atoms with van der Waals surface area (Å²) < 4.78 is 28.0. The first-order valence-corrected chi connectivity index (χ1v) is 9.68. The molecule has 4 atom stereocenters. The second-order valence-corrected chi connectivity index (χ2v) is 7.85. The van der Waals surface area contributed by atoms with Gasteiger partial charge in [0.05, 0.1) is 11.9 Å². The van der Waals surface area contributed by atoms with Crippen LogP contribution in [0.3, 0.4) is 0 Å². The van der Waals surface area contributed by atoms with Crippen LogP contribution in [0.1, 0.15) is 42.6 Å². The molecule has 5 rings (SSSR count). The highest BCUT2D eigenvalue weighted by atomic mass is 19.1. The Morgan fingerprint density at radius 3 is 2.48 bits per heavy atom. The first kappa shape index (κ1) is 18.3.